The average molecular weight is 195 g/mol. The van der Waals surface area contributed by atoms with E-state index in [1.54, 1.807) is 0 Å². The Hall–Kier alpha value is 0.217. The van der Waals surface area contributed by atoms with Gasteiger partial charge in [0.15, 0.2) is 0 Å². The highest BCUT2D eigenvalue weighted by molar-refractivity contribution is 6.12. The molecule has 0 aromatic heterocycles. The van der Waals surface area contributed by atoms with Crippen LogP contribution in [0.15, 0.2) is 0 Å². The molecule has 0 amide bonds. The fraction of sp³-hybridized carbons (Fsp3) is 1.00. The Bertz CT molecular complexity index is 115. The van der Waals surface area contributed by atoms with E-state index < -0.39 is 0 Å². The van der Waals surface area contributed by atoms with Gasteiger partial charge in [0.2, 0.25) is 0 Å². The first kappa shape index (κ1) is 11.3. The van der Waals surface area contributed by atoms with Crippen LogP contribution in [0, 0.1) is 11.8 Å². The molecular weight excluding hydrogens is 172 g/mol. The summed E-state index contributed by atoms with van der Waals surface area (Å²) in [6.07, 6.45) is 9.94. The molecule has 1 rings (SSSR count). The third kappa shape index (κ3) is 3.12. The molecule has 0 saturated heterocycles. The van der Waals surface area contributed by atoms with Crippen LogP contribution in [-0.2, 0) is 0 Å². The van der Waals surface area contributed by atoms with Gasteiger partial charge in [-0.3, -0.25) is 0 Å². The maximum absolute atomic E-state index is 3.98. The largest absolute Gasteiger partial charge is 0.0654 e. The molecule has 3 radical (unpaired) electrons. The van der Waals surface area contributed by atoms with Gasteiger partial charge in [-0.15, -0.1) is 0 Å². The van der Waals surface area contributed by atoms with E-state index in [0.717, 1.165) is 17.4 Å². The second kappa shape index (κ2) is 5.84. The minimum Gasteiger partial charge on any atom is -0.0654 e. The van der Waals surface area contributed by atoms with Crippen molar-refractivity contribution in [1.29, 1.82) is 0 Å². The fourth-order valence-corrected chi connectivity index (χ4v) is 3.44. The van der Waals surface area contributed by atoms with Crippen molar-refractivity contribution in [3.05, 3.63) is 0 Å². The number of rotatable bonds is 4. The summed E-state index contributed by atoms with van der Waals surface area (Å²) in [5.74, 6) is 1.93. The van der Waals surface area contributed by atoms with E-state index in [9.17, 15) is 0 Å². The molecule has 0 nitrogen and oxygen atoms in total. The Kier molecular flexibility index (Phi) is 5.08. The minimum atomic E-state index is 0.814. The van der Waals surface area contributed by atoms with Gasteiger partial charge in [-0.05, 0) is 17.4 Å². The molecule has 0 N–H and O–H groups in total. The SMILES string of the molecule is CCCC1CCCC(CCC)C1[Si]. The van der Waals surface area contributed by atoms with Gasteiger partial charge in [0.1, 0.15) is 0 Å². The Labute approximate surface area is 86.9 Å². The summed E-state index contributed by atoms with van der Waals surface area (Å²) in [4.78, 5) is 0. The van der Waals surface area contributed by atoms with Crippen molar-refractivity contribution in [1.82, 2.24) is 0 Å². The first-order chi connectivity index (χ1) is 6.29. The lowest BCUT2D eigenvalue weighted by atomic mass is 9.77. The minimum absolute atomic E-state index is 0.814. The monoisotopic (exact) mass is 195 g/mol. The normalized spacial score (nSPS) is 34.8. The van der Waals surface area contributed by atoms with E-state index in [1.807, 2.05) is 0 Å². The van der Waals surface area contributed by atoms with Crippen molar-refractivity contribution in [3.8, 4) is 0 Å². The molecule has 0 aliphatic heterocycles. The van der Waals surface area contributed by atoms with Crippen LogP contribution in [-0.4, -0.2) is 10.2 Å². The zero-order chi connectivity index (χ0) is 9.68. The molecule has 75 valence electrons. The summed E-state index contributed by atoms with van der Waals surface area (Å²) in [6, 6.07) is 0. The van der Waals surface area contributed by atoms with Gasteiger partial charge >= 0.3 is 0 Å². The van der Waals surface area contributed by atoms with E-state index in [4.69, 9.17) is 0 Å². The Morgan fingerprint density at radius 1 is 1.00 bits per heavy atom. The number of hydrogen-bond donors (Lipinski definition) is 0. The molecule has 1 heteroatoms. The maximum atomic E-state index is 3.98. The summed E-state index contributed by atoms with van der Waals surface area (Å²) < 4.78 is 0. The van der Waals surface area contributed by atoms with E-state index in [0.29, 0.717) is 0 Å². The average Bonchev–Trinajstić information content (AvgIpc) is 2.13. The Morgan fingerprint density at radius 3 is 1.85 bits per heavy atom. The molecule has 0 heterocycles. The molecule has 2 atom stereocenters. The Morgan fingerprint density at radius 2 is 1.46 bits per heavy atom. The van der Waals surface area contributed by atoms with Crippen LogP contribution < -0.4 is 0 Å². The molecule has 0 aromatic rings. The van der Waals surface area contributed by atoms with Crippen LogP contribution >= 0.6 is 0 Å². The van der Waals surface area contributed by atoms with Gasteiger partial charge in [0, 0.05) is 10.2 Å². The van der Waals surface area contributed by atoms with Crippen LogP contribution in [0.5, 0.6) is 0 Å². The van der Waals surface area contributed by atoms with Crippen LogP contribution in [0.2, 0.25) is 5.54 Å². The van der Waals surface area contributed by atoms with Crippen molar-refractivity contribution in [2.24, 2.45) is 11.8 Å². The molecular formula is C12H23Si. The van der Waals surface area contributed by atoms with Gasteiger partial charge in [-0.25, -0.2) is 0 Å². The van der Waals surface area contributed by atoms with Crippen molar-refractivity contribution in [3.63, 3.8) is 0 Å². The van der Waals surface area contributed by atoms with E-state index in [2.05, 4.69) is 24.1 Å². The molecule has 0 aromatic carbocycles. The molecule has 2 unspecified atom stereocenters. The highest BCUT2D eigenvalue weighted by atomic mass is 28.1. The molecule has 1 saturated carbocycles. The third-order valence-corrected chi connectivity index (χ3v) is 4.43. The first-order valence-electron chi connectivity index (χ1n) is 6.00. The topological polar surface area (TPSA) is 0 Å². The van der Waals surface area contributed by atoms with Crippen molar-refractivity contribution >= 4 is 10.2 Å². The van der Waals surface area contributed by atoms with Gasteiger partial charge < -0.3 is 0 Å². The van der Waals surface area contributed by atoms with Crippen LogP contribution in [0.1, 0.15) is 58.8 Å². The highest BCUT2D eigenvalue weighted by Gasteiger charge is 2.28. The summed E-state index contributed by atoms with van der Waals surface area (Å²) in [7, 11) is 3.98. The van der Waals surface area contributed by atoms with Gasteiger partial charge in [0.05, 0.1) is 0 Å². The van der Waals surface area contributed by atoms with Crippen LogP contribution in [0.3, 0.4) is 0 Å². The maximum Gasteiger partial charge on any atom is 0.0273 e. The lowest BCUT2D eigenvalue weighted by molar-refractivity contribution is 0.243. The second-order valence-electron chi connectivity index (χ2n) is 4.55. The molecule has 0 spiro atoms. The number of hydrogen-bond acceptors (Lipinski definition) is 0. The molecule has 1 fully saturated rings. The van der Waals surface area contributed by atoms with E-state index in [1.165, 1.54) is 44.9 Å². The second-order valence-corrected chi connectivity index (χ2v) is 5.22. The Balaban J connectivity index is 2.40. The van der Waals surface area contributed by atoms with Crippen LogP contribution in [0.25, 0.3) is 0 Å². The molecule has 1 aliphatic rings. The fourth-order valence-electron chi connectivity index (χ4n) is 2.78. The zero-order valence-corrected chi connectivity index (χ0v) is 10.2. The van der Waals surface area contributed by atoms with Gasteiger partial charge in [-0.2, -0.15) is 0 Å². The zero-order valence-electron chi connectivity index (χ0n) is 9.18. The highest BCUT2D eigenvalue weighted by Crippen LogP contribution is 2.41. The van der Waals surface area contributed by atoms with Crippen molar-refractivity contribution in [2.75, 3.05) is 0 Å². The standard InChI is InChI=1S/C12H23Si/c1-3-6-10-8-5-9-11(7-4-2)12(10)13/h10-12H,3-9H2,1-2H3. The predicted octanol–water partition coefficient (Wildman–Crippen LogP) is 3.96. The lowest BCUT2D eigenvalue weighted by Gasteiger charge is -2.36. The van der Waals surface area contributed by atoms with Gasteiger partial charge in [-0.1, -0.05) is 58.8 Å². The molecule has 13 heavy (non-hydrogen) atoms. The summed E-state index contributed by atoms with van der Waals surface area (Å²) >= 11 is 0. The van der Waals surface area contributed by atoms with E-state index >= 15 is 0 Å². The van der Waals surface area contributed by atoms with Crippen molar-refractivity contribution in [2.45, 2.75) is 64.3 Å². The van der Waals surface area contributed by atoms with Crippen molar-refractivity contribution < 1.29 is 0 Å². The molecule has 0 bridgehead atoms. The van der Waals surface area contributed by atoms with Crippen LogP contribution in [0.4, 0.5) is 0 Å². The van der Waals surface area contributed by atoms with E-state index in [-0.39, 0.29) is 0 Å². The summed E-state index contributed by atoms with van der Waals surface area (Å²) in [5, 5.41) is 0. The quantitative estimate of drug-likeness (QED) is 0.596. The predicted molar refractivity (Wildman–Crippen MR) is 60.2 cm³/mol. The summed E-state index contributed by atoms with van der Waals surface area (Å²) in [5.41, 5.74) is 0.814. The first-order valence-corrected chi connectivity index (χ1v) is 6.58. The summed E-state index contributed by atoms with van der Waals surface area (Å²) in [6.45, 7) is 4.62. The van der Waals surface area contributed by atoms with Gasteiger partial charge in [0.25, 0.3) is 0 Å². The smallest absolute Gasteiger partial charge is 0.0273 e. The molecule has 1 aliphatic carbocycles. The lowest BCUT2D eigenvalue weighted by Crippen LogP contribution is -2.23. The third-order valence-electron chi connectivity index (χ3n) is 3.48.